The Balaban J connectivity index is 2.77. The molecule has 3 heteroatoms. The molecule has 0 unspecified atom stereocenters. The summed E-state index contributed by atoms with van der Waals surface area (Å²) < 4.78 is 13.3. The number of rotatable bonds is 3. The normalized spacial score (nSPS) is 11.5. The topological polar surface area (TPSA) is 32.3 Å². The van der Waals surface area contributed by atoms with Gasteiger partial charge in [0.1, 0.15) is 5.82 Å². The molecule has 0 spiro atoms. The third-order valence-corrected chi connectivity index (χ3v) is 1.92. The second kappa shape index (κ2) is 3.96. The van der Waals surface area contributed by atoms with Gasteiger partial charge in [0.15, 0.2) is 0 Å². The molecule has 1 aromatic carbocycles. The minimum Gasteiger partial charge on any atom is -0.389 e. The lowest BCUT2D eigenvalue weighted by Crippen LogP contribution is -2.29. The molecular formula is C11H16FNO. The fourth-order valence-electron chi connectivity index (χ4n) is 1.16. The lowest BCUT2D eigenvalue weighted by atomic mass is 10.1. The fraction of sp³-hybridized carbons (Fsp3) is 0.455. The van der Waals surface area contributed by atoms with E-state index in [-0.39, 0.29) is 5.82 Å². The molecule has 0 bridgehead atoms. The average molecular weight is 197 g/mol. The maximum Gasteiger partial charge on any atom is 0.146 e. The molecule has 1 rings (SSSR count). The van der Waals surface area contributed by atoms with E-state index in [2.05, 4.69) is 5.32 Å². The van der Waals surface area contributed by atoms with Crippen LogP contribution in [0.5, 0.6) is 0 Å². The van der Waals surface area contributed by atoms with Crippen molar-refractivity contribution in [2.75, 3.05) is 11.9 Å². The average Bonchev–Trinajstić information content (AvgIpc) is 2.01. The molecule has 0 aliphatic heterocycles. The van der Waals surface area contributed by atoms with Crippen LogP contribution >= 0.6 is 0 Å². The number of hydrogen-bond acceptors (Lipinski definition) is 2. The smallest absolute Gasteiger partial charge is 0.146 e. The quantitative estimate of drug-likeness (QED) is 0.779. The molecule has 0 heterocycles. The zero-order valence-electron chi connectivity index (χ0n) is 8.76. The van der Waals surface area contributed by atoms with E-state index >= 15 is 0 Å². The molecule has 0 radical (unpaired) electrons. The Bertz CT molecular complexity index is 297. The van der Waals surface area contributed by atoms with Gasteiger partial charge >= 0.3 is 0 Å². The van der Waals surface area contributed by atoms with Crippen LogP contribution in [0.4, 0.5) is 10.1 Å². The Labute approximate surface area is 83.8 Å². The van der Waals surface area contributed by atoms with Crippen molar-refractivity contribution in [1.29, 1.82) is 0 Å². The highest BCUT2D eigenvalue weighted by atomic mass is 19.1. The van der Waals surface area contributed by atoms with Crippen molar-refractivity contribution in [3.63, 3.8) is 0 Å². The highest BCUT2D eigenvalue weighted by Crippen LogP contribution is 2.19. The molecule has 0 fully saturated rings. The predicted molar refractivity (Wildman–Crippen MR) is 55.9 cm³/mol. The third-order valence-electron chi connectivity index (χ3n) is 1.92. The number of aliphatic hydroxyl groups is 1. The molecule has 0 saturated carbocycles. The summed E-state index contributed by atoms with van der Waals surface area (Å²) in [5.74, 6) is -0.283. The predicted octanol–water partition coefficient (Wildman–Crippen LogP) is 2.32. The molecule has 0 aliphatic rings. The summed E-state index contributed by atoms with van der Waals surface area (Å²) in [6, 6.07) is 4.90. The van der Waals surface area contributed by atoms with Crippen LogP contribution in [-0.2, 0) is 0 Å². The second-order valence-electron chi connectivity index (χ2n) is 4.10. The SMILES string of the molecule is Cc1cccc(F)c1NCC(C)(C)O. The van der Waals surface area contributed by atoms with Crippen LogP contribution < -0.4 is 5.32 Å². The Morgan fingerprint density at radius 1 is 1.43 bits per heavy atom. The second-order valence-corrected chi connectivity index (χ2v) is 4.10. The van der Waals surface area contributed by atoms with E-state index in [1.54, 1.807) is 19.9 Å². The molecule has 0 aromatic heterocycles. The lowest BCUT2D eigenvalue weighted by Gasteiger charge is -2.19. The summed E-state index contributed by atoms with van der Waals surface area (Å²) in [7, 11) is 0. The van der Waals surface area contributed by atoms with E-state index in [1.165, 1.54) is 6.07 Å². The zero-order valence-corrected chi connectivity index (χ0v) is 8.76. The van der Waals surface area contributed by atoms with Crippen molar-refractivity contribution in [2.24, 2.45) is 0 Å². The van der Waals surface area contributed by atoms with E-state index < -0.39 is 5.60 Å². The van der Waals surface area contributed by atoms with Crippen molar-refractivity contribution in [2.45, 2.75) is 26.4 Å². The van der Waals surface area contributed by atoms with Crippen LogP contribution in [0.1, 0.15) is 19.4 Å². The molecule has 0 amide bonds. The van der Waals surface area contributed by atoms with Gasteiger partial charge in [-0.2, -0.15) is 0 Å². The van der Waals surface area contributed by atoms with Crippen molar-refractivity contribution in [3.8, 4) is 0 Å². The van der Waals surface area contributed by atoms with Gasteiger partial charge < -0.3 is 10.4 Å². The van der Waals surface area contributed by atoms with E-state index in [9.17, 15) is 9.50 Å². The van der Waals surface area contributed by atoms with Gasteiger partial charge in [0.2, 0.25) is 0 Å². The number of para-hydroxylation sites is 1. The Morgan fingerprint density at radius 2 is 2.07 bits per heavy atom. The van der Waals surface area contributed by atoms with Gasteiger partial charge in [-0.3, -0.25) is 0 Å². The molecule has 0 atom stereocenters. The monoisotopic (exact) mass is 197 g/mol. The number of halogens is 1. The molecule has 2 nitrogen and oxygen atoms in total. The van der Waals surface area contributed by atoms with Gasteiger partial charge in [-0.15, -0.1) is 0 Å². The lowest BCUT2D eigenvalue weighted by molar-refractivity contribution is 0.0944. The Hall–Kier alpha value is -1.09. The van der Waals surface area contributed by atoms with Gasteiger partial charge in [-0.05, 0) is 32.4 Å². The summed E-state index contributed by atoms with van der Waals surface area (Å²) in [6.45, 7) is 5.51. The molecule has 14 heavy (non-hydrogen) atoms. The van der Waals surface area contributed by atoms with Gasteiger partial charge in [-0.1, -0.05) is 12.1 Å². The summed E-state index contributed by atoms with van der Waals surface area (Å²) in [5.41, 5.74) is 0.471. The molecule has 0 aliphatic carbocycles. The Kier molecular flexibility index (Phi) is 3.11. The minimum absolute atomic E-state index is 0.283. The Morgan fingerprint density at radius 3 is 2.57 bits per heavy atom. The number of aryl methyl sites for hydroxylation is 1. The van der Waals surface area contributed by atoms with Crippen molar-refractivity contribution in [1.82, 2.24) is 0 Å². The maximum atomic E-state index is 13.3. The maximum absolute atomic E-state index is 13.3. The van der Waals surface area contributed by atoms with Crippen molar-refractivity contribution >= 4 is 5.69 Å². The minimum atomic E-state index is -0.839. The van der Waals surface area contributed by atoms with E-state index in [4.69, 9.17) is 0 Å². The molecular weight excluding hydrogens is 181 g/mol. The van der Waals surface area contributed by atoms with Gasteiger partial charge in [0.25, 0.3) is 0 Å². The fourth-order valence-corrected chi connectivity index (χ4v) is 1.16. The molecule has 2 N–H and O–H groups in total. The standard InChI is InChI=1S/C11H16FNO/c1-8-5-4-6-9(12)10(8)13-7-11(2,3)14/h4-6,13-14H,7H2,1-3H3. The molecule has 1 aromatic rings. The molecule has 78 valence electrons. The number of anilines is 1. The van der Waals surface area contributed by atoms with Crippen LogP contribution in [0.2, 0.25) is 0 Å². The number of hydrogen-bond donors (Lipinski definition) is 2. The van der Waals surface area contributed by atoms with Crippen LogP contribution in [0.3, 0.4) is 0 Å². The summed E-state index contributed by atoms with van der Waals surface area (Å²) in [6.07, 6.45) is 0. The first-order chi connectivity index (χ1) is 6.40. The summed E-state index contributed by atoms with van der Waals surface area (Å²) in [5, 5.41) is 12.4. The van der Waals surface area contributed by atoms with Gasteiger partial charge in [0, 0.05) is 6.54 Å². The van der Waals surface area contributed by atoms with Crippen molar-refractivity contribution in [3.05, 3.63) is 29.6 Å². The first-order valence-corrected chi connectivity index (χ1v) is 4.61. The highest BCUT2D eigenvalue weighted by Gasteiger charge is 2.13. The van der Waals surface area contributed by atoms with Gasteiger partial charge in [-0.25, -0.2) is 4.39 Å². The van der Waals surface area contributed by atoms with Gasteiger partial charge in [0.05, 0.1) is 11.3 Å². The summed E-state index contributed by atoms with van der Waals surface area (Å²) >= 11 is 0. The largest absolute Gasteiger partial charge is 0.389 e. The molecule has 0 saturated heterocycles. The zero-order chi connectivity index (χ0) is 10.8. The highest BCUT2D eigenvalue weighted by molar-refractivity contribution is 5.51. The van der Waals surface area contributed by atoms with Crippen LogP contribution in [-0.4, -0.2) is 17.3 Å². The van der Waals surface area contributed by atoms with E-state index in [0.29, 0.717) is 12.2 Å². The van der Waals surface area contributed by atoms with Crippen LogP contribution in [0.25, 0.3) is 0 Å². The van der Waals surface area contributed by atoms with E-state index in [0.717, 1.165) is 5.56 Å². The first kappa shape index (κ1) is 11.0. The number of benzene rings is 1. The first-order valence-electron chi connectivity index (χ1n) is 4.61. The summed E-state index contributed by atoms with van der Waals surface area (Å²) in [4.78, 5) is 0. The van der Waals surface area contributed by atoms with Crippen molar-refractivity contribution < 1.29 is 9.50 Å². The van der Waals surface area contributed by atoms with Crippen LogP contribution in [0.15, 0.2) is 18.2 Å². The number of nitrogens with one attached hydrogen (secondary N) is 1. The third kappa shape index (κ3) is 3.00. The van der Waals surface area contributed by atoms with Crippen LogP contribution in [0, 0.1) is 12.7 Å². The van der Waals surface area contributed by atoms with E-state index in [1.807, 2.05) is 13.0 Å².